The molecule has 0 fully saturated rings. The Morgan fingerprint density at radius 1 is 1.13 bits per heavy atom. The molecule has 214 valence electrons. The van der Waals surface area contributed by atoms with Gasteiger partial charge in [0.2, 0.25) is 17.7 Å². The van der Waals surface area contributed by atoms with Gasteiger partial charge in [-0.15, -0.1) is 0 Å². The van der Waals surface area contributed by atoms with Gasteiger partial charge in [0.05, 0.1) is 23.9 Å². The number of aromatic nitrogens is 3. The number of benzene rings is 1. The zero-order valence-electron chi connectivity index (χ0n) is 23.7. The number of amides is 3. The van der Waals surface area contributed by atoms with Crippen LogP contribution in [-0.2, 0) is 37.2 Å². The molecule has 12 heteroatoms. The number of aryl methyl sites for hydroxylation is 1. The molecule has 0 spiro atoms. The molecular weight excluding hydrogens is 520 g/mol. The smallest absolute Gasteiger partial charge is 0.243 e. The van der Waals surface area contributed by atoms with Crippen molar-refractivity contribution in [2.24, 2.45) is 5.92 Å². The minimum absolute atomic E-state index is 0.101. The quantitative estimate of drug-likeness (QED) is 0.590. The summed E-state index contributed by atoms with van der Waals surface area (Å²) in [7, 11) is -1.71. The fourth-order valence-corrected chi connectivity index (χ4v) is 5.22. The van der Waals surface area contributed by atoms with Gasteiger partial charge in [0, 0.05) is 32.8 Å². The molecule has 1 aromatic carbocycles. The maximum atomic E-state index is 13.4. The van der Waals surface area contributed by atoms with Gasteiger partial charge < -0.3 is 15.1 Å². The van der Waals surface area contributed by atoms with Crippen LogP contribution in [0.25, 0.3) is 0 Å². The standard InChI is InChI=1S/C27H40N6O5S/c1-18(2)16-23-26-28-20(4)30-33(26)15-14-32(13-7-8-24(34)31(5)19(3)27(36)29-23)25(35)17-21-9-11-22(12-10-21)39(6,37)38/h9-12,18-19,23H,7-8,13-17H2,1-6H3,(H,29,36)/t19-,23+/m0/s1. The first kappa shape index (κ1) is 30.3. The summed E-state index contributed by atoms with van der Waals surface area (Å²) in [5, 5.41) is 7.63. The Morgan fingerprint density at radius 2 is 1.79 bits per heavy atom. The molecule has 0 radical (unpaired) electrons. The van der Waals surface area contributed by atoms with Crippen LogP contribution in [0.3, 0.4) is 0 Å². The normalized spacial score (nSPS) is 20.0. The van der Waals surface area contributed by atoms with Gasteiger partial charge in [-0.3, -0.25) is 14.4 Å². The van der Waals surface area contributed by atoms with E-state index >= 15 is 0 Å². The van der Waals surface area contributed by atoms with Gasteiger partial charge in [-0.05, 0) is 50.3 Å². The van der Waals surface area contributed by atoms with Crippen molar-refractivity contribution < 1.29 is 22.8 Å². The van der Waals surface area contributed by atoms with Crippen LogP contribution in [0, 0.1) is 12.8 Å². The summed E-state index contributed by atoms with van der Waals surface area (Å²) in [5.74, 6) is 0.908. The van der Waals surface area contributed by atoms with E-state index in [0.717, 1.165) is 6.26 Å². The number of hydrogen-bond acceptors (Lipinski definition) is 7. The first-order valence-corrected chi connectivity index (χ1v) is 15.2. The highest BCUT2D eigenvalue weighted by Gasteiger charge is 2.29. The number of rotatable bonds is 5. The molecule has 0 aliphatic carbocycles. The number of nitrogens with one attached hydrogen (secondary N) is 1. The Kier molecular flexibility index (Phi) is 9.87. The van der Waals surface area contributed by atoms with E-state index in [1.165, 1.54) is 17.0 Å². The van der Waals surface area contributed by atoms with Crippen LogP contribution in [0.15, 0.2) is 29.2 Å². The van der Waals surface area contributed by atoms with Crippen molar-refractivity contribution in [1.82, 2.24) is 29.9 Å². The van der Waals surface area contributed by atoms with Crippen molar-refractivity contribution in [2.75, 3.05) is 26.4 Å². The summed E-state index contributed by atoms with van der Waals surface area (Å²) in [6.07, 6.45) is 2.52. The van der Waals surface area contributed by atoms with Crippen LogP contribution in [0.2, 0.25) is 0 Å². The summed E-state index contributed by atoms with van der Waals surface area (Å²) in [6.45, 7) is 8.70. The Bertz CT molecular complexity index is 1290. The minimum atomic E-state index is -3.33. The van der Waals surface area contributed by atoms with Crippen molar-refractivity contribution >= 4 is 27.6 Å². The minimum Gasteiger partial charge on any atom is -0.344 e. The van der Waals surface area contributed by atoms with E-state index in [0.29, 0.717) is 49.7 Å². The van der Waals surface area contributed by atoms with Crippen molar-refractivity contribution in [2.45, 2.75) is 76.9 Å². The number of nitrogens with zero attached hydrogens (tertiary/aromatic N) is 5. The van der Waals surface area contributed by atoms with Crippen molar-refractivity contribution in [3.05, 3.63) is 41.5 Å². The largest absolute Gasteiger partial charge is 0.344 e. The molecule has 1 N–H and O–H groups in total. The fraction of sp³-hybridized carbons (Fsp3) is 0.593. The van der Waals surface area contributed by atoms with E-state index in [9.17, 15) is 22.8 Å². The molecule has 11 nitrogen and oxygen atoms in total. The SMILES string of the molecule is Cc1nc2n(n1)CCN(C(=O)Cc1ccc(S(C)(=O)=O)cc1)CCCC(=O)N(C)[C@@H](C)C(=O)N[C@@H]2CC(C)C. The lowest BCUT2D eigenvalue weighted by molar-refractivity contribution is -0.139. The lowest BCUT2D eigenvalue weighted by Gasteiger charge is -2.29. The number of likely N-dealkylation sites (N-methyl/N-ethyl adjacent to an activating group) is 1. The first-order chi connectivity index (χ1) is 18.3. The highest BCUT2D eigenvalue weighted by Crippen LogP contribution is 2.21. The molecule has 2 atom stereocenters. The number of carbonyl (C=O) groups excluding carboxylic acids is 3. The van der Waals surface area contributed by atoms with Crippen molar-refractivity contribution in [3.63, 3.8) is 0 Å². The summed E-state index contributed by atoms with van der Waals surface area (Å²) >= 11 is 0. The van der Waals surface area contributed by atoms with Gasteiger partial charge in [-0.2, -0.15) is 5.10 Å². The van der Waals surface area contributed by atoms with Crippen LogP contribution in [0.5, 0.6) is 0 Å². The average molecular weight is 561 g/mol. The first-order valence-electron chi connectivity index (χ1n) is 13.3. The van der Waals surface area contributed by atoms with Crippen LogP contribution in [-0.4, -0.2) is 83.1 Å². The number of carbonyl (C=O) groups is 3. The van der Waals surface area contributed by atoms with E-state index < -0.39 is 21.9 Å². The van der Waals surface area contributed by atoms with Gasteiger partial charge >= 0.3 is 0 Å². The molecule has 0 unspecified atom stereocenters. The van der Waals surface area contributed by atoms with E-state index in [4.69, 9.17) is 0 Å². The molecular formula is C27H40N6O5S. The highest BCUT2D eigenvalue weighted by atomic mass is 32.2. The van der Waals surface area contributed by atoms with Gasteiger partial charge in [0.1, 0.15) is 17.7 Å². The Morgan fingerprint density at radius 3 is 2.41 bits per heavy atom. The number of fused-ring (bicyclic) bond motifs is 1. The Balaban J connectivity index is 1.89. The molecule has 0 saturated carbocycles. The molecule has 2 heterocycles. The second-order valence-corrected chi connectivity index (χ2v) is 12.7. The molecule has 3 amide bonds. The second kappa shape index (κ2) is 12.7. The average Bonchev–Trinajstić information content (AvgIpc) is 3.23. The predicted octanol–water partition coefficient (Wildman–Crippen LogP) is 1.91. The molecule has 0 saturated heterocycles. The molecule has 1 aliphatic rings. The molecule has 1 aliphatic heterocycles. The summed E-state index contributed by atoms with van der Waals surface area (Å²) < 4.78 is 25.3. The number of sulfone groups is 1. The molecule has 39 heavy (non-hydrogen) atoms. The van der Waals surface area contributed by atoms with E-state index in [1.54, 1.807) is 42.6 Å². The van der Waals surface area contributed by atoms with E-state index in [2.05, 4.69) is 29.2 Å². The van der Waals surface area contributed by atoms with Gasteiger partial charge in [0.15, 0.2) is 9.84 Å². The van der Waals surface area contributed by atoms with Crippen LogP contribution in [0.1, 0.15) is 63.3 Å². The third kappa shape index (κ3) is 8.11. The number of hydrogen-bond donors (Lipinski definition) is 1. The van der Waals surface area contributed by atoms with Crippen molar-refractivity contribution in [1.29, 1.82) is 0 Å². The molecule has 1 aromatic heterocycles. The van der Waals surface area contributed by atoms with Crippen LogP contribution < -0.4 is 5.32 Å². The third-order valence-electron chi connectivity index (χ3n) is 6.96. The summed E-state index contributed by atoms with van der Waals surface area (Å²) in [5.41, 5.74) is 0.702. The molecule has 2 aromatic rings. The fourth-order valence-electron chi connectivity index (χ4n) is 4.59. The molecule has 0 bridgehead atoms. The maximum absolute atomic E-state index is 13.4. The van der Waals surface area contributed by atoms with E-state index in [1.807, 2.05) is 0 Å². The highest BCUT2D eigenvalue weighted by molar-refractivity contribution is 7.90. The van der Waals surface area contributed by atoms with Crippen LogP contribution in [0.4, 0.5) is 0 Å². The lowest BCUT2D eigenvalue weighted by atomic mass is 10.0. The van der Waals surface area contributed by atoms with Gasteiger partial charge in [-0.1, -0.05) is 26.0 Å². The Labute approximate surface area is 230 Å². The molecule has 3 rings (SSSR count). The second-order valence-electron chi connectivity index (χ2n) is 10.7. The zero-order valence-corrected chi connectivity index (χ0v) is 24.5. The Hall–Kier alpha value is -3.28. The van der Waals surface area contributed by atoms with Crippen molar-refractivity contribution in [3.8, 4) is 0 Å². The van der Waals surface area contributed by atoms with Crippen LogP contribution >= 0.6 is 0 Å². The lowest BCUT2D eigenvalue weighted by Crippen LogP contribution is -2.47. The summed E-state index contributed by atoms with van der Waals surface area (Å²) in [6, 6.07) is 5.24. The third-order valence-corrected chi connectivity index (χ3v) is 8.08. The van der Waals surface area contributed by atoms with E-state index in [-0.39, 0.29) is 41.4 Å². The zero-order chi connectivity index (χ0) is 28.9. The predicted molar refractivity (Wildman–Crippen MR) is 146 cm³/mol. The van der Waals surface area contributed by atoms with Gasteiger partial charge in [0.25, 0.3) is 0 Å². The monoisotopic (exact) mass is 560 g/mol. The maximum Gasteiger partial charge on any atom is 0.243 e. The van der Waals surface area contributed by atoms with Gasteiger partial charge in [-0.25, -0.2) is 18.1 Å². The topological polar surface area (TPSA) is 135 Å². The summed E-state index contributed by atoms with van der Waals surface area (Å²) in [4.78, 5) is 47.3.